The van der Waals surface area contributed by atoms with Gasteiger partial charge in [-0.05, 0) is 38.1 Å². The molecule has 0 radical (unpaired) electrons. The minimum absolute atomic E-state index is 0.443. The summed E-state index contributed by atoms with van der Waals surface area (Å²) in [5.74, 6) is 0.443. The molecule has 94 valence electrons. The second-order valence-electron chi connectivity index (χ2n) is 5.13. The molecule has 1 aromatic heterocycles. The molecule has 17 heavy (non-hydrogen) atoms. The summed E-state index contributed by atoms with van der Waals surface area (Å²) in [6, 6.07) is 5.25. The van der Waals surface area contributed by atoms with E-state index >= 15 is 0 Å². The quantitative estimate of drug-likeness (QED) is 0.816. The van der Waals surface area contributed by atoms with Crippen LogP contribution in [0.4, 0.5) is 0 Å². The largest absolute Gasteiger partial charge is 0.300 e. The van der Waals surface area contributed by atoms with Gasteiger partial charge in [0.25, 0.3) is 0 Å². The molecule has 1 heterocycles. The van der Waals surface area contributed by atoms with Crippen LogP contribution in [0.1, 0.15) is 44.4 Å². The van der Waals surface area contributed by atoms with Crippen molar-refractivity contribution in [3.05, 3.63) is 22.4 Å². The zero-order valence-electron chi connectivity index (χ0n) is 10.7. The molecule has 2 rings (SSSR count). The lowest BCUT2D eigenvalue weighted by Gasteiger charge is -2.36. The van der Waals surface area contributed by atoms with Gasteiger partial charge in [0, 0.05) is 36.3 Å². The van der Waals surface area contributed by atoms with Crippen LogP contribution in [0, 0.1) is 0 Å². The average molecular weight is 251 g/mol. The maximum atomic E-state index is 11.6. The van der Waals surface area contributed by atoms with Crippen LogP contribution in [-0.4, -0.2) is 22.8 Å². The van der Waals surface area contributed by atoms with Crippen LogP contribution < -0.4 is 0 Å². The van der Waals surface area contributed by atoms with E-state index in [0.717, 1.165) is 25.8 Å². The third-order valence-corrected chi connectivity index (χ3v) is 4.37. The summed E-state index contributed by atoms with van der Waals surface area (Å²) in [6.45, 7) is 5.45. The van der Waals surface area contributed by atoms with E-state index in [0.29, 0.717) is 17.9 Å². The van der Waals surface area contributed by atoms with Crippen molar-refractivity contribution < 1.29 is 4.79 Å². The summed E-state index contributed by atoms with van der Waals surface area (Å²) in [4.78, 5) is 15.5. The number of nitrogens with zero attached hydrogens (tertiary/aromatic N) is 1. The number of carbonyl (C=O) groups excluding carboxylic acids is 1. The minimum atomic E-state index is 0.443. The third-order valence-electron chi connectivity index (χ3n) is 3.51. The number of rotatable bonds is 4. The molecule has 0 aromatic carbocycles. The van der Waals surface area contributed by atoms with Crippen molar-refractivity contribution in [3.8, 4) is 0 Å². The van der Waals surface area contributed by atoms with Gasteiger partial charge >= 0.3 is 0 Å². The molecule has 0 N–H and O–H groups in total. The Kier molecular flexibility index (Phi) is 4.35. The van der Waals surface area contributed by atoms with E-state index in [2.05, 4.69) is 36.3 Å². The molecule has 1 aliphatic rings. The minimum Gasteiger partial charge on any atom is -0.300 e. The van der Waals surface area contributed by atoms with E-state index in [9.17, 15) is 4.79 Å². The smallest absolute Gasteiger partial charge is 0.134 e. The number of carbonyl (C=O) groups is 1. The molecule has 0 spiro atoms. The Labute approximate surface area is 108 Å². The number of Topliss-reactive ketones (excluding diaryl/α,β-unsaturated/α-hetero) is 1. The molecule has 0 amide bonds. The van der Waals surface area contributed by atoms with Crippen LogP contribution >= 0.6 is 11.3 Å². The first kappa shape index (κ1) is 12.8. The fourth-order valence-electron chi connectivity index (χ4n) is 2.60. The monoisotopic (exact) mass is 251 g/mol. The summed E-state index contributed by atoms with van der Waals surface area (Å²) in [6.07, 6.45) is 3.79. The van der Waals surface area contributed by atoms with E-state index in [1.54, 1.807) is 11.3 Å². The molecule has 0 saturated heterocycles. The zero-order valence-corrected chi connectivity index (χ0v) is 11.5. The second-order valence-corrected chi connectivity index (χ2v) is 6.17. The number of hydrogen-bond donors (Lipinski definition) is 0. The summed E-state index contributed by atoms with van der Waals surface area (Å²) in [5, 5.41) is 2.12. The lowest BCUT2D eigenvalue weighted by Crippen LogP contribution is -2.42. The fourth-order valence-corrected chi connectivity index (χ4v) is 3.31. The first-order valence-corrected chi connectivity index (χ1v) is 7.34. The molecule has 1 saturated carbocycles. The Morgan fingerprint density at radius 1 is 1.53 bits per heavy atom. The molecule has 1 aromatic rings. The van der Waals surface area contributed by atoms with Gasteiger partial charge in [-0.15, -0.1) is 11.3 Å². The number of ketones is 1. The molecular weight excluding hydrogens is 230 g/mol. The van der Waals surface area contributed by atoms with Gasteiger partial charge in [-0.25, -0.2) is 0 Å². The van der Waals surface area contributed by atoms with Crippen molar-refractivity contribution in [3.63, 3.8) is 0 Å². The van der Waals surface area contributed by atoms with E-state index in [-0.39, 0.29) is 0 Å². The van der Waals surface area contributed by atoms with Gasteiger partial charge in [0.1, 0.15) is 5.78 Å². The van der Waals surface area contributed by atoms with Crippen molar-refractivity contribution in [2.45, 2.75) is 58.2 Å². The summed E-state index contributed by atoms with van der Waals surface area (Å²) in [5.41, 5.74) is 0. The van der Waals surface area contributed by atoms with Crippen molar-refractivity contribution >= 4 is 17.1 Å². The Balaban J connectivity index is 2.03. The SMILES string of the molecule is CC(C)N(Cc1cccs1)C1CCCC(=O)C1. The van der Waals surface area contributed by atoms with Crippen LogP contribution in [0.2, 0.25) is 0 Å². The Morgan fingerprint density at radius 2 is 2.35 bits per heavy atom. The first-order valence-electron chi connectivity index (χ1n) is 6.46. The van der Waals surface area contributed by atoms with Gasteiger partial charge in [-0.3, -0.25) is 9.69 Å². The molecule has 1 unspecified atom stereocenters. The van der Waals surface area contributed by atoms with Gasteiger partial charge in [-0.1, -0.05) is 6.07 Å². The molecule has 1 fully saturated rings. The van der Waals surface area contributed by atoms with Gasteiger partial charge in [0.15, 0.2) is 0 Å². The van der Waals surface area contributed by atoms with Crippen LogP contribution in [0.3, 0.4) is 0 Å². The summed E-state index contributed by atoms with van der Waals surface area (Å²) in [7, 11) is 0. The molecule has 0 aliphatic heterocycles. The van der Waals surface area contributed by atoms with Crippen molar-refractivity contribution in [2.75, 3.05) is 0 Å². The molecule has 2 nitrogen and oxygen atoms in total. The lowest BCUT2D eigenvalue weighted by molar-refractivity contribution is -0.122. The van der Waals surface area contributed by atoms with Crippen LogP contribution in [0.25, 0.3) is 0 Å². The standard InChI is InChI=1S/C14H21NOS/c1-11(2)15(10-14-7-4-8-17-14)12-5-3-6-13(16)9-12/h4,7-8,11-12H,3,5-6,9-10H2,1-2H3. The Bertz CT molecular complexity index is 358. The predicted molar refractivity (Wildman–Crippen MR) is 72.3 cm³/mol. The normalized spacial score (nSPS) is 21.4. The molecule has 3 heteroatoms. The molecule has 0 bridgehead atoms. The van der Waals surface area contributed by atoms with Crippen molar-refractivity contribution in [1.82, 2.24) is 4.90 Å². The van der Waals surface area contributed by atoms with E-state index in [4.69, 9.17) is 0 Å². The van der Waals surface area contributed by atoms with Gasteiger partial charge in [-0.2, -0.15) is 0 Å². The lowest BCUT2D eigenvalue weighted by atomic mass is 9.92. The van der Waals surface area contributed by atoms with Gasteiger partial charge in [0.2, 0.25) is 0 Å². The van der Waals surface area contributed by atoms with E-state index in [1.165, 1.54) is 11.3 Å². The van der Waals surface area contributed by atoms with Gasteiger partial charge in [0.05, 0.1) is 0 Å². The van der Waals surface area contributed by atoms with Crippen molar-refractivity contribution in [1.29, 1.82) is 0 Å². The molecular formula is C14H21NOS. The topological polar surface area (TPSA) is 20.3 Å². The van der Waals surface area contributed by atoms with Gasteiger partial charge < -0.3 is 0 Å². The second kappa shape index (κ2) is 5.78. The molecule has 1 aliphatic carbocycles. The third kappa shape index (κ3) is 3.39. The highest BCUT2D eigenvalue weighted by Gasteiger charge is 2.27. The maximum absolute atomic E-state index is 11.6. The Morgan fingerprint density at radius 3 is 2.94 bits per heavy atom. The Hall–Kier alpha value is -0.670. The number of hydrogen-bond acceptors (Lipinski definition) is 3. The highest BCUT2D eigenvalue weighted by molar-refractivity contribution is 7.09. The average Bonchev–Trinajstić information content (AvgIpc) is 2.78. The van der Waals surface area contributed by atoms with Crippen LogP contribution in [-0.2, 0) is 11.3 Å². The maximum Gasteiger partial charge on any atom is 0.134 e. The summed E-state index contributed by atoms with van der Waals surface area (Å²) >= 11 is 1.81. The van der Waals surface area contributed by atoms with Crippen molar-refractivity contribution in [2.24, 2.45) is 0 Å². The van der Waals surface area contributed by atoms with E-state index < -0.39 is 0 Å². The highest BCUT2D eigenvalue weighted by atomic mass is 32.1. The number of thiophene rings is 1. The first-order chi connectivity index (χ1) is 8.16. The van der Waals surface area contributed by atoms with E-state index in [1.807, 2.05) is 0 Å². The summed E-state index contributed by atoms with van der Waals surface area (Å²) < 4.78 is 0. The fraction of sp³-hybridized carbons (Fsp3) is 0.643. The van der Waals surface area contributed by atoms with Crippen LogP contribution in [0.15, 0.2) is 17.5 Å². The predicted octanol–water partition coefficient (Wildman–Crippen LogP) is 3.47. The molecule has 1 atom stereocenters. The zero-order chi connectivity index (χ0) is 12.3. The highest BCUT2D eigenvalue weighted by Crippen LogP contribution is 2.25. The van der Waals surface area contributed by atoms with Crippen LogP contribution in [0.5, 0.6) is 0 Å².